The molecule has 19 heavy (non-hydrogen) atoms. The zero-order chi connectivity index (χ0) is 13.4. The molecule has 0 aromatic carbocycles. The number of carbonyl (C=O) groups excluding carboxylic acids is 2. The zero-order valence-corrected chi connectivity index (χ0v) is 11.4. The van der Waals surface area contributed by atoms with E-state index in [1.165, 1.54) is 4.90 Å². The van der Waals surface area contributed by atoms with Crippen molar-refractivity contribution in [3.05, 3.63) is 0 Å². The smallest absolute Gasteiger partial charge is 0.233 e. The highest BCUT2D eigenvalue weighted by molar-refractivity contribution is 6.08. The molecule has 0 bridgehead atoms. The molecule has 3 fully saturated rings. The second-order valence-corrected chi connectivity index (χ2v) is 5.92. The Morgan fingerprint density at radius 2 is 2.11 bits per heavy atom. The van der Waals surface area contributed by atoms with E-state index in [0.717, 1.165) is 39.0 Å². The first-order valence-corrected chi connectivity index (χ1v) is 7.38. The van der Waals surface area contributed by atoms with Gasteiger partial charge >= 0.3 is 0 Å². The van der Waals surface area contributed by atoms with Gasteiger partial charge in [0.25, 0.3) is 0 Å². The molecule has 0 radical (unpaired) electrons. The first-order chi connectivity index (χ1) is 9.22. The predicted octanol–water partition coefficient (Wildman–Crippen LogP) is 0.396. The summed E-state index contributed by atoms with van der Waals surface area (Å²) < 4.78 is 5.44. The molecule has 3 rings (SSSR count). The van der Waals surface area contributed by atoms with Crippen molar-refractivity contribution in [2.45, 2.75) is 32.2 Å². The number of ether oxygens (including phenoxy) is 1. The molecule has 2 amide bonds. The number of nitrogens with one attached hydrogen (secondary N) is 1. The third-order valence-corrected chi connectivity index (χ3v) is 4.53. The molecule has 2 heterocycles. The van der Waals surface area contributed by atoms with E-state index < -0.39 is 0 Å². The van der Waals surface area contributed by atoms with E-state index in [2.05, 4.69) is 12.2 Å². The van der Waals surface area contributed by atoms with E-state index >= 15 is 0 Å². The number of rotatable bonds is 6. The molecule has 106 valence electrons. The van der Waals surface area contributed by atoms with Gasteiger partial charge in [0.05, 0.1) is 18.4 Å². The summed E-state index contributed by atoms with van der Waals surface area (Å²) in [4.78, 5) is 25.5. The number of nitrogens with zero attached hydrogens (tertiary/aromatic N) is 1. The summed E-state index contributed by atoms with van der Waals surface area (Å²) >= 11 is 0. The Balaban J connectivity index is 1.63. The Morgan fingerprint density at radius 3 is 2.68 bits per heavy atom. The van der Waals surface area contributed by atoms with Crippen LogP contribution in [0.25, 0.3) is 0 Å². The first-order valence-electron chi connectivity index (χ1n) is 7.38. The monoisotopic (exact) mass is 266 g/mol. The maximum absolute atomic E-state index is 12.0. The molecule has 4 atom stereocenters. The van der Waals surface area contributed by atoms with Crippen molar-refractivity contribution in [1.29, 1.82) is 0 Å². The quantitative estimate of drug-likeness (QED) is 0.707. The number of amides is 2. The minimum absolute atomic E-state index is 0.0131. The molecule has 1 saturated carbocycles. The third-order valence-electron chi connectivity index (χ3n) is 4.53. The van der Waals surface area contributed by atoms with Crippen LogP contribution in [-0.2, 0) is 14.3 Å². The fourth-order valence-corrected chi connectivity index (χ4v) is 3.21. The van der Waals surface area contributed by atoms with Gasteiger partial charge in [0, 0.05) is 25.1 Å². The summed E-state index contributed by atoms with van der Waals surface area (Å²) in [5.41, 5.74) is 0. The highest BCUT2D eigenvalue weighted by Gasteiger charge is 2.59. The predicted molar refractivity (Wildman–Crippen MR) is 69.3 cm³/mol. The average Bonchev–Trinajstić information content (AvgIpc) is 2.96. The molecule has 4 unspecified atom stereocenters. The molecule has 0 aromatic heterocycles. The lowest BCUT2D eigenvalue weighted by Gasteiger charge is -2.28. The van der Waals surface area contributed by atoms with Crippen LogP contribution >= 0.6 is 0 Å². The lowest BCUT2D eigenvalue weighted by atomic mass is 9.98. The molecule has 5 nitrogen and oxygen atoms in total. The molecule has 0 spiro atoms. The van der Waals surface area contributed by atoms with Gasteiger partial charge in [-0.05, 0) is 25.8 Å². The fraction of sp³-hybridized carbons (Fsp3) is 0.857. The van der Waals surface area contributed by atoms with Crippen molar-refractivity contribution in [1.82, 2.24) is 10.2 Å². The molecule has 2 saturated heterocycles. The number of carbonyl (C=O) groups is 2. The van der Waals surface area contributed by atoms with Crippen LogP contribution in [0.3, 0.4) is 0 Å². The second-order valence-electron chi connectivity index (χ2n) is 5.92. The van der Waals surface area contributed by atoms with Gasteiger partial charge in [-0.25, -0.2) is 0 Å². The SMILES string of the molecule is CCCNC(CN1C(=O)C2CC2C1=O)C1CCOC1. The maximum Gasteiger partial charge on any atom is 0.233 e. The Kier molecular flexibility index (Phi) is 3.58. The number of imide groups is 1. The average molecular weight is 266 g/mol. The van der Waals surface area contributed by atoms with E-state index in [-0.39, 0.29) is 29.7 Å². The van der Waals surface area contributed by atoms with Gasteiger partial charge in [-0.15, -0.1) is 0 Å². The number of hydrogen-bond acceptors (Lipinski definition) is 4. The lowest BCUT2D eigenvalue weighted by Crippen LogP contribution is -2.48. The summed E-state index contributed by atoms with van der Waals surface area (Å²) in [6.45, 7) is 5.10. The van der Waals surface area contributed by atoms with Crippen molar-refractivity contribution in [3.8, 4) is 0 Å². The van der Waals surface area contributed by atoms with Gasteiger partial charge < -0.3 is 10.1 Å². The molecular formula is C14H22N2O3. The zero-order valence-electron chi connectivity index (χ0n) is 11.4. The van der Waals surface area contributed by atoms with Gasteiger partial charge in [0.15, 0.2) is 0 Å². The summed E-state index contributed by atoms with van der Waals surface area (Å²) in [6, 6.07) is 0.188. The van der Waals surface area contributed by atoms with E-state index in [1.807, 2.05) is 0 Å². The van der Waals surface area contributed by atoms with Crippen molar-refractivity contribution < 1.29 is 14.3 Å². The molecule has 2 aliphatic heterocycles. The molecule has 0 aromatic rings. The molecular weight excluding hydrogens is 244 g/mol. The standard InChI is InChI=1S/C14H22N2O3/c1-2-4-15-12(9-3-5-19-8-9)7-16-13(17)10-6-11(10)14(16)18/h9-12,15H,2-8H2,1H3. The van der Waals surface area contributed by atoms with Crippen LogP contribution in [0.2, 0.25) is 0 Å². The molecule has 1 N–H and O–H groups in total. The van der Waals surface area contributed by atoms with Crippen LogP contribution in [0, 0.1) is 17.8 Å². The van der Waals surface area contributed by atoms with Crippen molar-refractivity contribution in [3.63, 3.8) is 0 Å². The minimum Gasteiger partial charge on any atom is -0.381 e. The summed E-state index contributed by atoms with van der Waals surface area (Å²) in [7, 11) is 0. The van der Waals surface area contributed by atoms with Crippen LogP contribution in [0.4, 0.5) is 0 Å². The Hall–Kier alpha value is -0.940. The summed E-state index contributed by atoms with van der Waals surface area (Å²) in [5.74, 6) is 0.553. The first kappa shape index (κ1) is 13.1. The maximum atomic E-state index is 12.0. The van der Waals surface area contributed by atoms with E-state index in [4.69, 9.17) is 4.74 Å². The lowest BCUT2D eigenvalue weighted by molar-refractivity contribution is -0.141. The van der Waals surface area contributed by atoms with E-state index in [0.29, 0.717) is 12.5 Å². The highest BCUT2D eigenvalue weighted by Crippen LogP contribution is 2.47. The van der Waals surface area contributed by atoms with Crippen molar-refractivity contribution in [2.24, 2.45) is 17.8 Å². The van der Waals surface area contributed by atoms with Crippen LogP contribution in [0.5, 0.6) is 0 Å². The normalized spacial score (nSPS) is 34.8. The number of hydrogen-bond donors (Lipinski definition) is 1. The van der Waals surface area contributed by atoms with Crippen molar-refractivity contribution >= 4 is 11.8 Å². The molecule has 3 aliphatic rings. The van der Waals surface area contributed by atoms with Gasteiger partial charge in [-0.3, -0.25) is 14.5 Å². The van der Waals surface area contributed by atoms with Crippen LogP contribution in [0.15, 0.2) is 0 Å². The van der Waals surface area contributed by atoms with Crippen molar-refractivity contribution in [2.75, 3.05) is 26.3 Å². The molecule has 1 aliphatic carbocycles. The third kappa shape index (κ3) is 2.41. The number of fused-ring (bicyclic) bond motifs is 1. The second kappa shape index (κ2) is 5.21. The van der Waals surface area contributed by atoms with Crippen LogP contribution in [-0.4, -0.2) is 49.1 Å². The molecule has 5 heteroatoms. The van der Waals surface area contributed by atoms with Gasteiger partial charge in [0.1, 0.15) is 0 Å². The Labute approximate surface area is 113 Å². The van der Waals surface area contributed by atoms with Gasteiger partial charge in [0.2, 0.25) is 11.8 Å². The fourth-order valence-electron chi connectivity index (χ4n) is 3.21. The van der Waals surface area contributed by atoms with Crippen LogP contribution in [0.1, 0.15) is 26.2 Å². The highest BCUT2D eigenvalue weighted by atomic mass is 16.5. The van der Waals surface area contributed by atoms with Gasteiger partial charge in [-0.1, -0.05) is 6.92 Å². The Morgan fingerprint density at radius 1 is 1.37 bits per heavy atom. The van der Waals surface area contributed by atoms with Gasteiger partial charge in [-0.2, -0.15) is 0 Å². The van der Waals surface area contributed by atoms with E-state index in [1.54, 1.807) is 0 Å². The largest absolute Gasteiger partial charge is 0.381 e. The number of likely N-dealkylation sites (tertiary alicyclic amines) is 1. The summed E-state index contributed by atoms with van der Waals surface area (Å²) in [5, 5.41) is 3.48. The topological polar surface area (TPSA) is 58.6 Å². The number of piperidine rings is 1. The Bertz CT molecular complexity index is 359. The van der Waals surface area contributed by atoms with E-state index in [9.17, 15) is 9.59 Å². The van der Waals surface area contributed by atoms with Crippen LogP contribution < -0.4 is 5.32 Å². The summed E-state index contributed by atoms with van der Waals surface area (Å²) in [6.07, 6.45) is 2.86. The minimum atomic E-state index is 0.0131.